The summed E-state index contributed by atoms with van der Waals surface area (Å²) in [6, 6.07) is 0. The standard InChI is InChI=1S/C26H34O14/c1-8-17(32)36-12-6-23-11-5-10(22(2,3)4)24(23)16(31)18(33)38-21(24)40-26(23,20(34)37-11)25(8,12)39-19-15(30)14(29)13(28)9(7-27)35-19/h8-16,19,21,27-31H,5-7H2,1-4H3/t8-,9-,10?,11?,12?,13-,14+,15-,16+,19+,21-,23?,24?,25-,26-/m1/s1. The monoisotopic (exact) mass is 570 g/mol. The lowest BCUT2D eigenvalue weighted by Crippen LogP contribution is -2.70. The number of fused-ring (bicyclic) bond motifs is 1. The molecule has 5 saturated heterocycles. The van der Waals surface area contributed by atoms with Crippen molar-refractivity contribution in [2.24, 2.45) is 28.1 Å². The first-order valence-corrected chi connectivity index (χ1v) is 13.6. The summed E-state index contributed by atoms with van der Waals surface area (Å²) in [5.74, 6) is -4.17. The minimum atomic E-state index is -2.15. The van der Waals surface area contributed by atoms with E-state index in [1.807, 2.05) is 20.8 Å². The molecule has 5 aliphatic heterocycles. The van der Waals surface area contributed by atoms with Gasteiger partial charge >= 0.3 is 17.9 Å². The molecule has 0 radical (unpaired) electrons. The van der Waals surface area contributed by atoms with Gasteiger partial charge in [-0.2, -0.15) is 0 Å². The van der Waals surface area contributed by atoms with Crippen LogP contribution in [0.3, 0.4) is 0 Å². The highest BCUT2D eigenvalue weighted by Crippen LogP contribution is 2.85. The molecule has 0 aromatic heterocycles. The highest BCUT2D eigenvalue weighted by atomic mass is 16.8. The summed E-state index contributed by atoms with van der Waals surface area (Å²) in [5, 5.41) is 52.9. The van der Waals surface area contributed by atoms with E-state index in [4.69, 9.17) is 28.4 Å². The molecule has 14 nitrogen and oxygen atoms in total. The number of hydrogen-bond donors (Lipinski definition) is 5. The van der Waals surface area contributed by atoms with Crippen LogP contribution in [-0.2, 0) is 42.8 Å². The summed E-state index contributed by atoms with van der Waals surface area (Å²) >= 11 is 0. The Morgan fingerprint density at radius 1 is 0.950 bits per heavy atom. The molecule has 222 valence electrons. The van der Waals surface area contributed by atoms with Gasteiger partial charge in [0, 0.05) is 6.42 Å². The van der Waals surface area contributed by atoms with Gasteiger partial charge in [-0.15, -0.1) is 0 Å². The maximum atomic E-state index is 14.1. The van der Waals surface area contributed by atoms with E-state index < -0.39 is 119 Å². The molecule has 2 aliphatic carbocycles. The molecule has 7 fully saturated rings. The Labute approximate surface area is 228 Å². The Morgan fingerprint density at radius 2 is 1.65 bits per heavy atom. The predicted octanol–water partition coefficient (Wildman–Crippen LogP) is -2.52. The lowest BCUT2D eigenvalue weighted by atomic mass is 9.51. The summed E-state index contributed by atoms with van der Waals surface area (Å²) < 4.78 is 35.9. The highest BCUT2D eigenvalue weighted by molar-refractivity contribution is 5.93. The molecule has 0 aromatic rings. The summed E-state index contributed by atoms with van der Waals surface area (Å²) in [4.78, 5) is 40.2. The number of aliphatic hydroxyl groups excluding tert-OH is 5. The molecular weight excluding hydrogens is 536 g/mol. The fourth-order valence-electron chi connectivity index (χ4n) is 9.65. The Kier molecular flexibility index (Phi) is 5.20. The van der Waals surface area contributed by atoms with Crippen LogP contribution < -0.4 is 0 Å². The normalized spacial score (nSPS) is 57.8. The Hall–Kier alpha value is -1.91. The SMILES string of the molecule is C[C@@H]1C(=O)OC2CC34C5CC(C(C)(C)C)C36[C@H](OC(=O)[C@@H]6O)O[C@@]4(C(=O)O5)[C@]21O[C@@H]1O[C@H](CO)[C@@H](O)[C@H](O)[C@H]1O. The van der Waals surface area contributed by atoms with Crippen LogP contribution in [0.5, 0.6) is 0 Å². The molecule has 2 saturated carbocycles. The van der Waals surface area contributed by atoms with Crippen LogP contribution in [0.25, 0.3) is 0 Å². The van der Waals surface area contributed by atoms with Gasteiger partial charge < -0.3 is 54.0 Å². The summed E-state index contributed by atoms with van der Waals surface area (Å²) in [5.41, 5.74) is -7.62. The van der Waals surface area contributed by atoms with Crippen molar-refractivity contribution >= 4 is 17.9 Å². The zero-order valence-electron chi connectivity index (χ0n) is 22.4. The minimum Gasteiger partial charge on any atom is -0.459 e. The van der Waals surface area contributed by atoms with Gasteiger partial charge in [-0.1, -0.05) is 20.8 Å². The van der Waals surface area contributed by atoms with Crippen molar-refractivity contribution in [3.63, 3.8) is 0 Å². The van der Waals surface area contributed by atoms with Crippen molar-refractivity contribution in [3.8, 4) is 0 Å². The average Bonchev–Trinajstić information content (AvgIpc) is 3.60. The fraction of sp³-hybridized carbons (Fsp3) is 0.885. The molecule has 2 spiro atoms. The van der Waals surface area contributed by atoms with E-state index in [0.717, 1.165) is 0 Å². The molecule has 7 aliphatic rings. The Morgan fingerprint density at radius 3 is 2.30 bits per heavy atom. The maximum Gasteiger partial charge on any atom is 0.342 e. The van der Waals surface area contributed by atoms with Crippen molar-refractivity contribution in [3.05, 3.63) is 0 Å². The second-order valence-corrected chi connectivity index (χ2v) is 13.4. The second-order valence-electron chi connectivity index (χ2n) is 13.4. The van der Waals surface area contributed by atoms with Gasteiger partial charge in [-0.25, -0.2) is 9.59 Å². The molecule has 0 aromatic carbocycles. The van der Waals surface area contributed by atoms with E-state index in [1.165, 1.54) is 6.92 Å². The number of ether oxygens (including phenoxy) is 6. The van der Waals surface area contributed by atoms with E-state index >= 15 is 0 Å². The van der Waals surface area contributed by atoms with Gasteiger partial charge in [-0.3, -0.25) is 4.79 Å². The minimum absolute atomic E-state index is 0.0896. The van der Waals surface area contributed by atoms with Crippen LogP contribution in [0.1, 0.15) is 40.5 Å². The molecule has 5 heterocycles. The van der Waals surface area contributed by atoms with Gasteiger partial charge in [0.15, 0.2) is 18.0 Å². The van der Waals surface area contributed by atoms with Crippen LogP contribution in [-0.4, -0.2) is 117 Å². The van der Waals surface area contributed by atoms with Gasteiger partial charge in [-0.05, 0) is 24.7 Å². The van der Waals surface area contributed by atoms with Crippen LogP contribution in [0.4, 0.5) is 0 Å². The van der Waals surface area contributed by atoms with Gasteiger partial charge in [0.1, 0.15) is 36.6 Å². The number of aliphatic hydroxyl groups is 5. The third kappa shape index (κ3) is 2.47. The summed E-state index contributed by atoms with van der Waals surface area (Å²) in [6.07, 6.45) is -13.3. The van der Waals surface area contributed by atoms with Crippen molar-refractivity contribution in [2.45, 2.75) is 107 Å². The van der Waals surface area contributed by atoms with Crippen molar-refractivity contribution in [2.75, 3.05) is 6.61 Å². The van der Waals surface area contributed by atoms with Crippen LogP contribution >= 0.6 is 0 Å². The highest BCUT2D eigenvalue weighted by Gasteiger charge is 3.02. The van der Waals surface area contributed by atoms with E-state index in [9.17, 15) is 39.9 Å². The van der Waals surface area contributed by atoms with Gasteiger partial charge in [0.25, 0.3) is 0 Å². The molecule has 0 bridgehead atoms. The molecule has 15 atom stereocenters. The van der Waals surface area contributed by atoms with Gasteiger partial charge in [0.2, 0.25) is 11.9 Å². The average molecular weight is 571 g/mol. The van der Waals surface area contributed by atoms with E-state index in [-0.39, 0.29) is 12.8 Å². The number of carbonyl (C=O) groups is 3. The smallest absolute Gasteiger partial charge is 0.342 e. The first-order chi connectivity index (χ1) is 18.7. The van der Waals surface area contributed by atoms with E-state index in [1.54, 1.807) is 0 Å². The topological polar surface area (TPSA) is 208 Å². The van der Waals surface area contributed by atoms with E-state index in [2.05, 4.69) is 0 Å². The van der Waals surface area contributed by atoms with Crippen LogP contribution in [0.15, 0.2) is 0 Å². The molecule has 5 N–H and O–H groups in total. The first kappa shape index (κ1) is 27.0. The molecule has 0 amide bonds. The quantitative estimate of drug-likeness (QED) is 0.175. The lowest BCUT2D eigenvalue weighted by molar-refractivity contribution is -0.354. The molecule has 5 unspecified atom stereocenters. The summed E-state index contributed by atoms with van der Waals surface area (Å²) in [7, 11) is 0. The number of carbonyl (C=O) groups excluding carboxylic acids is 3. The first-order valence-electron chi connectivity index (χ1n) is 13.6. The number of rotatable bonds is 3. The van der Waals surface area contributed by atoms with Crippen molar-refractivity contribution in [1.82, 2.24) is 0 Å². The number of esters is 3. The van der Waals surface area contributed by atoms with Crippen molar-refractivity contribution < 1.29 is 68.3 Å². The van der Waals surface area contributed by atoms with Crippen LogP contribution in [0, 0.1) is 28.1 Å². The zero-order valence-corrected chi connectivity index (χ0v) is 22.4. The molecule has 7 rings (SSSR count). The predicted molar refractivity (Wildman–Crippen MR) is 123 cm³/mol. The van der Waals surface area contributed by atoms with E-state index in [0.29, 0.717) is 0 Å². The molecule has 14 heteroatoms. The third-order valence-electron chi connectivity index (χ3n) is 11.1. The zero-order chi connectivity index (χ0) is 28.9. The fourth-order valence-corrected chi connectivity index (χ4v) is 9.65. The largest absolute Gasteiger partial charge is 0.459 e. The molecule has 40 heavy (non-hydrogen) atoms. The second kappa shape index (κ2) is 7.72. The Bertz CT molecular complexity index is 1180. The maximum absolute atomic E-state index is 14.1. The third-order valence-corrected chi connectivity index (χ3v) is 11.1. The van der Waals surface area contributed by atoms with Gasteiger partial charge in [0.05, 0.1) is 23.4 Å². The molecular formula is C26H34O14. The summed E-state index contributed by atoms with van der Waals surface area (Å²) in [6.45, 7) is 6.55. The Balaban J connectivity index is 1.44. The lowest BCUT2D eigenvalue weighted by Gasteiger charge is -2.49. The van der Waals surface area contributed by atoms with Crippen LogP contribution in [0.2, 0.25) is 0 Å². The van der Waals surface area contributed by atoms with Crippen molar-refractivity contribution in [1.29, 1.82) is 0 Å². The number of hydrogen-bond acceptors (Lipinski definition) is 14.